The van der Waals surface area contributed by atoms with E-state index in [-0.39, 0.29) is 11.7 Å². The Morgan fingerprint density at radius 3 is 2.63 bits per heavy atom. The number of likely N-dealkylation sites (tertiary alicyclic amines) is 1. The minimum absolute atomic E-state index is 0.110. The van der Waals surface area contributed by atoms with Crippen molar-refractivity contribution in [3.63, 3.8) is 0 Å². The fourth-order valence-electron chi connectivity index (χ4n) is 2.66. The average Bonchev–Trinajstić information content (AvgIpc) is 2.64. The first-order valence-electron chi connectivity index (χ1n) is 5.96. The van der Waals surface area contributed by atoms with Gasteiger partial charge in [0, 0.05) is 19.7 Å². The van der Waals surface area contributed by atoms with Crippen LogP contribution in [-0.2, 0) is 19.1 Å². The second-order valence-electron chi connectivity index (χ2n) is 4.72. The number of methoxy groups -OCH3 is 2. The van der Waals surface area contributed by atoms with Gasteiger partial charge in [-0.15, -0.1) is 0 Å². The smallest absolute Gasteiger partial charge is 0.254 e. The van der Waals surface area contributed by atoms with Crippen molar-refractivity contribution in [2.75, 3.05) is 27.8 Å². The van der Waals surface area contributed by atoms with E-state index in [1.165, 1.54) is 26.4 Å². The number of likely N-dealkylation sites (N-methyl/N-ethyl adjacent to an activating group) is 1. The fourth-order valence-corrected chi connectivity index (χ4v) is 2.66. The zero-order valence-corrected chi connectivity index (χ0v) is 11.5. The van der Waals surface area contributed by atoms with Crippen LogP contribution in [0.15, 0.2) is 35.3 Å². The summed E-state index contributed by atoms with van der Waals surface area (Å²) in [5, 5.41) is 0. The highest BCUT2D eigenvalue weighted by molar-refractivity contribution is 6.05. The molecule has 1 heterocycles. The monoisotopic (exact) mass is 263 g/mol. The number of nitrogens with zero attached hydrogens (tertiary/aromatic N) is 1. The normalized spacial score (nSPS) is 28.8. The molecular formula is C14H17NO4. The molecule has 1 fully saturated rings. The quantitative estimate of drug-likeness (QED) is 0.551. The summed E-state index contributed by atoms with van der Waals surface area (Å²) in [5.74, 6) is 0.764. The summed E-state index contributed by atoms with van der Waals surface area (Å²) in [6, 6.07) is 0. The van der Waals surface area contributed by atoms with Crippen molar-refractivity contribution >= 4 is 11.7 Å². The van der Waals surface area contributed by atoms with Crippen LogP contribution in [-0.4, -0.2) is 44.4 Å². The minimum atomic E-state index is -0.728. The second-order valence-corrected chi connectivity index (χ2v) is 4.72. The number of carbonyl (C=O) groups is 2. The molecule has 0 aromatic heterocycles. The first kappa shape index (κ1) is 13.4. The van der Waals surface area contributed by atoms with Gasteiger partial charge >= 0.3 is 0 Å². The van der Waals surface area contributed by atoms with E-state index in [0.29, 0.717) is 23.6 Å². The molecule has 1 amide bonds. The molecule has 2 aliphatic rings. The van der Waals surface area contributed by atoms with Gasteiger partial charge in [-0.3, -0.25) is 9.59 Å². The Morgan fingerprint density at radius 1 is 1.37 bits per heavy atom. The Kier molecular flexibility index (Phi) is 3.22. The molecule has 0 aromatic rings. The molecule has 1 spiro atoms. The summed E-state index contributed by atoms with van der Waals surface area (Å²) in [5.41, 5.74) is -0.205. The molecule has 0 saturated carbocycles. The van der Waals surface area contributed by atoms with Gasteiger partial charge in [-0.1, -0.05) is 6.08 Å². The van der Waals surface area contributed by atoms with Crippen LogP contribution >= 0.6 is 0 Å². The number of hydrogen-bond donors (Lipinski definition) is 0. The van der Waals surface area contributed by atoms with Crippen LogP contribution in [0.1, 0.15) is 6.92 Å². The largest absolute Gasteiger partial charge is 0.501 e. The maximum atomic E-state index is 12.3. The summed E-state index contributed by atoms with van der Waals surface area (Å²) in [6.07, 6.45) is 4.63. The standard InChI is InChI=1S/C14H17NO4/c1-9(18-3)12-13(17)15(2)8-14(12)6-5-10(16)7-11(14)19-4/h5-7H,8H2,1-4H3/b12-9+. The van der Waals surface area contributed by atoms with E-state index < -0.39 is 5.41 Å². The van der Waals surface area contributed by atoms with E-state index in [0.717, 1.165) is 0 Å². The molecule has 0 bridgehead atoms. The van der Waals surface area contributed by atoms with Crippen LogP contribution in [0.3, 0.4) is 0 Å². The number of hydrogen-bond acceptors (Lipinski definition) is 4. The Hall–Kier alpha value is -2.04. The number of amides is 1. The molecule has 1 unspecified atom stereocenters. The van der Waals surface area contributed by atoms with Crippen LogP contribution in [0.25, 0.3) is 0 Å². The molecule has 1 saturated heterocycles. The van der Waals surface area contributed by atoms with Crippen molar-refractivity contribution in [2.24, 2.45) is 5.41 Å². The van der Waals surface area contributed by atoms with Crippen molar-refractivity contribution < 1.29 is 19.1 Å². The van der Waals surface area contributed by atoms with Crippen molar-refractivity contribution in [2.45, 2.75) is 6.92 Å². The van der Waals surface area contributed by atoms with E-state index in [2.05, 4.69) is 0 Å². The van der Waals surface area contributed by atoms with E-state index >= 15 is 0 Å². The number of ether oxygens (including phenoxy) is 2. The van der Waals surface area contributed by atoms with Gasteiger partial charge < -0.3 is 14.4 Å². The van der Waals surface area contributed by atoms with Gasteiger partial charge in [0.2, 0.25) is 0 Å². The van der Waals surface area contributed by atoms with Crippen LogP contribution in [0.5, 0.6) is 0 Å². The summed E-state index contributed by atoms with van der Waals surface area (Å²) in [6.45, 7) is 2.18. The lowest BCUT2D eigenvalue weighted by Gasteiger charge is -2.30. The maximum Gasteiger partial charge on any atom is 0.254 e. The van der Waals surface area contributed by atoms with Gasteiger partial charge in [-0.2, -0.15) is 0 Å². The summed E-state index contributed by atoms with van der Waals surface area (Å²) in [4.78, 5) is 25.4. The Morgan fingerprint density at radius 2 is 2.05 bits per heavy atom. The summed E-state index contributed by atoms with van der Waals surface area (Å²) < 4.78 is 10.6. The van der Waals surface area contributed by atoms with Gasteiger partial charge in [0.25, 0.3) is 5.91 Å². The third-order valence-corrected chi connectivity index (χ3v) is 3.62. The van der Waals surface area contributed by atoms with Gasteiger partial charge in [-0.05, 0) is 13.0 Å². The lowest BCUT2D eigenvalue weighted by atomic mass is 9.76. The summed E-state index contributed by atoms with van der Waals surface area (Å²) >= 11 is 0. The predicted molar refractivity (Wildman–Crippen MR) is 69.0 cm³/mol. The Bertz CT molecular complexity index is 530. The molecule has 2 rings (SSSR count). The minimum Gasteiger partial charge on any atom is -0.501 e. The second kappa shape index (κ2) is 4.57. The highest BCUT2D eigenvalue weighted by Crippen LogP contribution is 2.46. The van der Waals surface area contributed by atoms with Crippen molar-refractivity contribution in [1.82, 2.24) is 4.90 Å². The first-order chi connectivity index (χ1) is 8.96. The number of ketones is 1. The molecular weight excluding hydrogens is 246 g/mol. The average molecular weight is 263 g/mol. The van der Waals surface area contributed by atoms with Gasteiger partial charge in [-0.25, -0.2) is 0 Å². The Balaban J connectivity index is 2.65. The first-order valence-corrected chi connectivity index (χ1v) is 5.96. The molecule has 0 radical (unpaired) electrons. The molecule has 1 atom stereocenters. The zero-order valence-electron chi connectivity index (χ0n) is 11.5. The molecule has 5 heteroatoms. The van der Waals surface area contributed by atoms with E-state index in [1.807, 2.05) is 0 Å². The van der Waals surface area contributed by atoms with E-state index in [1.54, 1.807) is 24.9 Å². The molecule has 5 nitrogen and oxygen atoms in total. The van der Waals surface area contributed by atoms with Crippen molar-refractivity contribution in [3.8, 4) is 0 Å². The molecule has 0 aromatic carbocycles. The van der Waals surface area contributed by atoms with E-state index in [9.17, 15) is 9.59 Å². The topological polar surface area (TPSA) is 55.8 Å². The Labute approximate surface area is 112 Å². The zero-order chi connectivity index (χ0) is 14.2. The molecule has 19 heavy (non-hydrogen) atoms. The van der Waals surface area contributed by atoms with Gasteiger partial charge in [0.05, 0.1) is 25.2 Å². The van der Waals surface area contributed by atoms with Gasteiger partial charge in [0.1, 0.15) is 11.5 Å². The highest BCUT2D eigenvalue weighted by Gasteiger charge is 2.51. The lowest BCUT2D eigenvalue weighted by molar-refractivity contribution is -0.123. The highest BCUT2D eigenvalue weighted by atomic mass is 16.5. The predicted octanol–water partition coefficient (Wildman–Crippen LogP) is 1.03. The fraction of sp³-hybridized carbons (Fsp3) is 0.429. The molecule has 1 aliphatic carbocycles. The number of rotatable bonds is 2. The third-order valence-electron chi connectivity index (χ3n) is 3.62. The van der Waals surface area contributed by atoms with Gasteiger partial charge in [0.15, 0.2) is 5.78 Å². The molecule has 0 N–H and O–H groups in total. The third kappa shape index (κ3) is 1.85. The van der Waals surface area contributed by atoms with Crippen molar-refractivity contribution in [1.29, 1.82) is 0 Å². The molecule has 102 valence electrons. The van der Waals surface area contributed by atoms with Crippen molar-refractivity contribution in [3.05, 3.63) is 35.3 Å². The maximum absolute atomic E-state index is 12.3. The van der Waals surface area contributed by atoms with Crippen LogP contribution in [0, 0.1) is 5.41 Å². The van der Waals surface area contributed by atoms with Crippen LogP contribution in [0.2, 0.25) is 0 Å². The molecule has 1 aliphatic heterocycles. The summed E-state index contributed by atoms with van der Waals surface area (Å²) in [7, 11) is 4.75. The van der Waals surface area contributed by atoms with E-state index in [4.69, 9.17) is 9.47 Å². The SMILES string of the molecule is COC1=CC(=O)C=CC12CN(C)C(=O)/C2=C(/C)OC. The number of carbonyl (C=O) groups excluding carboxylic acids is 2. The number of allylic oxidation sites excluding steroid dienone is 3. The lowest BCUT2D eigenvalue weighted by Crippen LogP contribution is -2.30. The van der Waals surface area contributed by atoms with Crippen LogP contribution in [0.4, 0.5) is 0 Å². The van der Waals surface area contributed by atoms with Crippen LogP contribution < -0.4 is 0 Å².